The predicted molar refractivity (Wildman–Crippen MR) is 117 cm³/mol. The molecule has 140 valence electrons. The Kier molecular flexibility index (Phi) is 5.97. The van der Waals surface area contributed by atoms with Crippen LogP contribution in [0.25, 0.3) is 10.8 Å². The van der Waals surface area contributed by atoms with E-state index in [9.17, 15) is 0 Å². The van der Waals surface area contributed by atoms with Gasteiger partial charge in [0.05, 0.1) is 11.4 Å². The summed E-state index contributed by atoms with van der Waals surface area (Å²) in [6.45, 7) is 5.81. The summed E-state index contributed by atoms with van der Waals surface area (Å²) in [6, 6.07) is 20.6. The molecule has 27 heavy (non-hydrogen) atoms. The van der Waals surface area contributed by atoms with Gasteiger partial charge in [-0.15, -0.1) is 0 Å². The monoisotopic (exact) mass is 360 g/mol. The highest BCUT2D eigenvalue weighted by Crippen LogP contribution is 2.23. The van der Waals surface area contributed by atoms with E-state index in [0.29, 0.717) is 24.0 Å². The second kappa shape index (κ2) is 8.58. The zero-order chi connectivity index (χ0) is 19.2. The average molecular weight is 361 g/mol. The molecular formula is C23H28N4. The SMILES string of the molecule is CC(C)CCN=C(N)c1ccc(NCc2cccc3ccccc23)c(N)c1. The van der Waals surface area contributed by atoms with Gasteiger partial charge in [0.15, 0.2) is 0 Å². The largest absolute Gasteiger partial charge is 0.397 e. The molecule has 4 nitrogen and oxygen atoms in total. The third-order valence-corrected chi connectivity index (χ3v) is 4.69. The minimum absolute atomic E-state index is 0.544. The van der Waals surface area contributed by atoms with E-state index in [1.807, 2.05) is 18.2 Å². The van der Waals surface area contributed by atoms with E-state index in [4.69, 9.17) is 11.5 Å². The molecular weight excluding hydrogens is 332 g/mol. The molecule has 0 unspecified atom stereocenters. The van der Waals surface area contributed by atoms with Gasteiger partial charge < -0.3 is 16.8 Å². The topological polar surface area (TPSA) is 76.4 Å². The van der Waals surface area contributed by atoms with Crippen molar-refractivity contribution < 1.29 is 0 Å². The van der Waals surface area contributed by atoms with E-state index in [0.717, 1.165) is 24.2 Å². The summed E-state index contributed by atoms with van der Waals surface area (Å²) < 4.78 is 0. The molecule has 4 heteroatoms. The number of fused-ring (bicyclic) bond motifs is 1. The van der Waals surface area contributed by atoms with Crippen LogP contribution in [0.15, 0.2) is 65.7 Å². The number of aliphatic imine (C=N–C) groups is 1. The molecule has 3 aromatic carbocycles. The van der Waals surface area contributed by atoms with Gasteiger partial charge in [0, 0.05) is 18.7 Å². The van der Waals surface area contributed by atoms with E-state index < -0.39 is 0 Å². The molecule has 3 aromatic rings. The summed E-state index contributed by atoms with van der Waals surface area (Å²) in [5, 5.41) is 5.94. The lowest BCUT2D eigenvalue weighted by atomic mass is 10.0. The van der Waals surface area contributed by atoms with E-state index >= 15 is 0 Å². The number of amidine groups is 1. The number of nitrogens with zero attached hydrogens (tertiary/aromatic N) is 1. The molecule has 0 fully saturated rings. The Morgan fingerprint density at radius 1 is 1.04 bits per heavy atom. The highest BCUT2D eigenvalue weighted by molar-refractivity contribution is 5.99. The third kappa shape index (κ3) is 4.79. The van der Waals surface area contributed by atoms with Crippen LogP contribution in [0, 0.1) is 5.92 Å². The standard InChI is InChI=1S/C23H28N4/c1-16(2)12-13-26-23(25)18-10-11-22(21(24)14-18)27-15-19-8-5-7-17-6-3-4-9-20(17)19/h3-11,14,16,27H,12-13,15,24H2,1-2H3,(H2,25,26). The first kappa shape index (κ1) is 18.8. The van der Waals surface area contributed by atoms with Crippen LogP contribution in [0.1, 0.15) is 31.4 Å². The van der Waals surface area contributed by atoms with Crippen molar-refractivity contribution in [2.24, 2.45) is 16.6 Å². The molecule has 0 aliphatic heterocycles. The number of anilines is 2. The van der Waals surface area contributed by atoms with Gasteiger partial charge in [0.25, 0.3) is 0 Å². The van der Waals surface area contributed by atoms with Gasteiger partial charge in [-0.1, -0.05) is 56.3 Å². The van der Waals surface area contributed by atoms with Crippen molar-refractivity contribution in [3.63, 3.8) is 0 Å². The molecule has 0 bridgehead atoms. The van der Waals surface area contributed by atoms with E-state index in [2.05, 4.69) is 66.6 Å². The van der Waals surface area contributed by atoms with Gasteiger partial charge in [0.2, 0.25) is 0 Å². The number of nitrogens with one attached hydrogen (secondary N) is 1. The fourth-order valence-corrected chi connectivity index (χ4v) is 3.05. The number of benzene rings is 3. The van der Waals surface area contributed by atoms with Crippen LogP contribution >= 0.6 is 0 Å². The molecule has 3 rings (SSSR count). The Balaban J connectivity index is 1.71. The molecule has 0 saturated heterocycles. The molecule has 0 spiro atoms. The molecule has 5 N–H and O–H groups in total. The summed E-state index contributed by atoms with van der Waals surface area (Å²) >= 11 is 0. The van der Waals surface area contributed by atoms with E-state index in [1.165, 1.54) is 16.3 Å². The van der Waals surface area contributed by atoms with E-state index in [-0.39, 0.29) is 0 Å². The fourth-order valence-electron chi connectivity index (χ4n) is 3.05. The maximum atomic E-state index is 6.24. The smallest absolute Gasteiger partial charge is 0.125 e. The molecule has 0 saturated carbocycles. The Morgan fingerprint density at radius 2 is 1.81 bits per heavy atom. The van der Waals surface area contributed by atoms with Crippen molar-refractivity contribution in [3.8, 4) is 0 Å². The van der Waals surface area contributed by atoms with Crippen LogP contribution < -0.4 is 16.8 Å². The lowest BCUT2D eigenvalue weighted by Gasteiger charge is -2.13. The molecule has 0 amide bonds. The van der Waals surface area contributed by atoms with Crippen LogP contribution in [0.2, 0.25) is 0 Å². The van der Waals surface area contributed by atoms with Gasteiger partial charge in [-0.25, -0.2) is 0 Å². The first-order valence-electron chi connectivity index (χ1n) is 9.45. The lowest BCUT2D eigenvalue weighted by Crippen LogP contribution is -2.15. The maximum Gasteiger partial charge on any atom is 0.125 e. The Labute approximate surface area is 161 Å². The second-order valence-electron chi connectivity index (χ2n) is 7.24. The van der Waals surface area contributed by atoms with Crippen LogP contribution in [-0.2, 0) is 6.54 Å². The quantitative estimate of drug-likeness (QED) is 0.322. The minimum Gasteiger partial charge on any atom is -0.397 e. The molecule has 0 aromatic heterocycles. The number of nitrogens with two attached hydrogens (primary N) is 2. The Bertz CT molecular complexity index is 939. The molecule has 0 atom stereocenters. The van der Waals surface area contributed by atoms with Crippen molar-refractivity contribution >= 4 is 28.0 Å². The Morgan fingerprint density at radius 3 is 2.59 bits per heavy atom. The second-order valence-corrected chi connectivity index (χ2v) is 7.24. The summed E-state index contributed by atoms with van der Waals surface area (Å²) in [6.07, 6.45) is 1.03. The van der Waals surface area contributed by atoms with Crippen LogP contribution in [0.4, 0.5) is 11.4 Å². The number of hydrogen-bond donors (Lipinski definition) is 3. The predicted octanol–water partition coefficient (Wildman–Crippen LogP) is 4.79. The summed E-state index contributed by atoms with van der Waals surface area (Å²) in [5.74, 6) is 1.16. The van der Waals surface area contributed by atoms with Crippen LogP contribution in [-0.4, -0.2) is 12.4 Å². The number of nitrogen functional groups attached to an aromatic ring is 1. The summed E-state index contributed by atoms with van der Waals surface area (Å²) in [4.78, 5) is 4.45. The zero-order valence-electron chi connectivity index (χ0n) is 16.1. The summed E-state index contributed by atoms with van der Waals surface area (Å²) in [7, 11) is 0. The lowest BCUT2D eigenvalue weighted by molar-refractivity contribution is 0.597. The zero-order valence-corrected chi connectivity index (χ0v) is 16.1. The van der Waals surface area contributed by atoms with Crippen molar-refractivity contribution in [1.82, 2.24) is 0 Å². The first-order valence-corrected chi connectivity index (χ1v) is 9.45. The van der Waals surface area contributed by atoms with Gasteiger partial charge >= 0.3 is 0 Å². The van der Waals surface area contributed by atoms with Crippen molar-refractivity contribution in [3.05, 3.63) is 71.8 Å². The van der Waals surface area contributed by atoms with Gasteiger partial charge in [-0.05, 0) is 46.9 Å². The number of hydrogen-bond acceptors (Lipinski definition) is 3. The van der Waals surface area contributed by atoms with Crippen molar-refractivity contribution in [2.45, 2.75) is 26.8 Å². The molecule has 0 heterocycles. The molecule has 0 radical (unpaired) electrons. The van der Waals surface area contributed by atoms with Gasteiger partial charge in [-0.2, -0.15) is 0 Å². The minimum atomic E-state index is 0.544. The van der Waals surface area contributed by atoms with Crippen molar-refractivity contribution in [2.75, 3.05) is 17.6 Å². The van der Waals surface area contributed by atoms with Gasteiger partial charge in [-0.3, -0.25) is 4.99 Å². The highest BCUT2D eigenvalue weighted by Gasteiger charge is 2.06. The molecule has 0 aliphatic carbocycles. The third-order valence-electron chi connectivity index (χ3n) is 4.69. The van der Waals surface area contributed by atoms with Crippen LogP contribution in [0.5, 0.6) is 0 Å². The van der Waals surface area contributed by atoms with Crippen molar-refractivity contribution in [1.29, 1.82) is 0 Å². The van der Waals surface area contributed by atoms with Gasteiger partial charge in [0.1, 0.15) is 5.84 Å². The number of rotatable bonds is 7. The molecule has 0 aliphatic rings. The maximum absolute atomic E-state index is 6.24. The first-order chi connectivity index (χ1) is 13.0. The average Bonchev–Trinajstić information content (AvgIpc) is 2.66. The highest BCUT2D eigenvalue weighted by atomic mass is 14.9. The fraction of sp³-hybridized carbons (Fsp3) is 0.261. The van der Waals surface area contributed by atoms with Crippen LogP contribution in [0.3, 0.4) is 0 Å². The normalized spacial score (nSPS) is 11.9. The van der Waals surface area contributed by atoms with E-state index in [1.54, 1.807) is 0 Å². The summed E-state index contributed by atoms with van der Waals surface area (Å²) in [5.41, 5.74) is 16.0. The Hall–Kier alpha value is -3.01.